The molecule has 1 aromatic carbocycles. The zero-order valence-electron chi connectivity index (χ0n) is 11.8. The first-order chi connectivity index (χ1) is 9.60. The highest BCUT2D eigenvalue weighted by molar-refractivity contribution is 9.15. The minimum absolute atomic E-state index is 0.139. The second-order valence-corrected chi connectivity index (χ2v) is 5.06. The van der Waals surface area contributed by atoms with E-state index in [1.54, 1.807) is 6.92 Å². The molecule has 0 amide bonds. The maximum atomic E-state index is 12.0. The summed E-state index contributed by atoms with van der Waals surface area (Å²) in [5, 5.41) is 0. The first kappa shape index (κ1) is 16.6. The molecule has 0 radical (unpaired) electrons. The first-order valence-corrected chi connectivity index (χ1v) is 7.52. The van der Waals surface area contributed by atoms with Crippen LogP contribution in [0.3, 0.4) is 0 Å². The predicted octanol–water partition coefficient (Wildman–Crippen LogP) is 4.12. The number of hydrogen-bond acceptors (Lipinski definition) is 3. The Morgan fingerprint density at radius 2 is 1.75 bits per heavy atom. The molecule has 0 unspecified atom stereocenters. The van der Waals surface area contributed by atoms with Gasteiger partial charge in [-0.2, -0.15) is 0 Å². The Morgan fingerprint density at radius 3 is 2.30 bits per heavy atom. The SMILES string of the molecule is CCOC(=O)/C(CCC(=O)CC)=C(\Br)c1ccccc1. The Balaban J connectivity index is 3.02. The summed E-state index contributed by atoms with van der Waals surface area (Å²) in [6, 6.07) is 9.53. The molecule has 0 aliphatic rings. The van der Waals surface area contributed by atoms with Gasteiger partial charge in [0.05, 0.1) is 12.2 Å². The fourth-order valence-electron chi connectivity index (χ4n) is 1.72. The van der Waals surface area contributed by atoms with Gasteiger partial charge < -0.3 is 4.74 Å². The summed E-state index contributed by atoms with van der Waals surface area (Å²) in [7, 11) is 0. The van der Waals surface area contributed by atoms with Crippen molar-refractivity contribution in [3.8, 4) is 0 Å². The van der Waals surface area contributed by atoms with Gasteiger partial charge in [-0.15, -0.1) is 0 Å². The van der Waals surface area contributed by atoms with Crippen LogP contribution in [0.4, 0.5) is 0 Å². The van der Waals surface area contributed by atoms with Gasteiger partial charge in [-0.05, 0) is 34.8 Å². The van der Waals surface area contributed by atoms with Crippen molar-refractivity contribution in [1.82, 2.24) is 0 Å². The van der Waals surface area contributed by atoms with E-state index >= 15 is 0 Å². The van der Waals surface area contributed by atoms with E-state index in [9.17, 15) is 9.59 Å². The normalized spacial score (nSPS) is 11.8. The summed E-state index contributed by atoms with van der Waals surface area (Å²) < 4.78 is 5.77. The summed E-state index contributed by atoms with van der Waals surface area (Å²) in [6.07, 6.45) is 1.23. The fraction of sp³-hybridized carbons (Fsp3) is 0.375. The topological polar surface area (TPSA) is 43.4 Å². The average molecular weight is 339 g/mol. The maximum Gasteiger partial charge on any atom is 0.335 e. The number of ketones is 1. The second-order valence-electron chi connectivity index (χ2n) is 4.27. The molecule has 0 heterocycles. The third-order valence-electron chi connectivity index (χ3n) is 2.86. The van der Waals surface area contributed by atoms with Crippen molar-refractivity contribution in [2.45, 2.75) is 33.1 Å². The van der Waals surface area contributed by atoms with Gasteiger partial charge in [0.25, 0.3) is 0 Å². The minimum Gasteiger partial charge on any atom is -0.463 e. The number of rotatable bonds is 7. The van der Waals surface area contributed by atoms with E-state index in [2.05, 4.69) is 15.9 Å². The average Bonchev–Trinajstić information content (AvgIpc) is 2.48. The second kappa shape index (κ2) is 8.69. The Morgan fingerprint density at radius 1 is 1.10 bits per heavy atom. The third-order valence-corrected chi connectivity index (χ3v) is 3.80. The molecule has 0 aliphatic carbocycles. The monoisotopic (exact) mass is 338 g/mol. The molecule has 1 rings (SSSR count). The highest BCUT2D eigenvalue weighted by Gasteiger charge is 2.17. The maximum absolute atomic E-state index is 12.0. The van der Waals surface area contributed by atoms with Crippen LogP contribution in [0, 0.1) is 0 Å². The molecule has 0 saturated heterocycles. The standard InChI is InChI=1S/C16H19BrO3/c1-3-13(18)10-11-14(16(19)20-4-2)15(17)12-8-6-5-7-9-12/h5-9H,3-4,10-11H2,1-2H3/b15-14-. The third kappa shape index (κ3) is 4.93. The van der Waals surface area contributed by atoms with Crippen LogP contribution < -0.4 is 0 Å². The van der Waals surface area contributed by atoms with Crippen molar-refractivity contribution < 1.29 is 14.3 Å². The molecule has 108 valence electrons. The van der Waals surface area contributed by atoms with E-state index in [0.717, 1.165) is 5.56 Å². The largest absolute Gasteiger partial charge is 0.463 e. The highest BCUT2D eigenvalue weighted by Crippen LogP contribution is 2.28. The first-order valence-electron chi connectivity index (χ1n) is 6.73. The Kier molecular flexibility index (Phi) is 7.23. The molecule has 1 aromatic rings. The van der Waals surface area contributed by atoms with E-state index in [4.69, 9.17) is 4.74 Å². The van der Waals surface area contributed by atoms with E-state index in [-0.39, 0.29) is 11.8 Å². The molecule has 0 spiro atoms. The lowest BCUT2D eigenvalue weighted by Gasteiger charge is -2.10. The molecule has 4 heteroatoms. The van der Waals surface area contributed by atoms with Crippen molar-refractivity contribution in [3.63, 3.8) is 0 Å². The van der Waals surface area contributed by atoms with Crippen LogP contribution in [0.1, 0.15) is 38.7 Å². The van der Waals surface area contributed by atoms with E-state index in [1.807, 2.05) is 37.3 Å². The summed E-state index contributed by atoms with van der Waals surface area (Å²) >= 11 is 3.46. The fourth-order valence-corrected chi connectivity index (χ4v) is 2.34. The minimum atomic E-state index is -0.368. The number of Topliss-reactive ketones (excluding diaryl/α,β-unsaturated/α-hetero) is 1. The number of ether oxygens (including phenoxy) is 1. The van der Waals surface area contributed by atoms with Crippen LogP contribution >= 0.6 is 15.9 Å². The number of hydrogen-bond donors (Lipinski definition) is 0. The quantitative estimate of drug-likeness (QED) is 0.554. The van der Waals surface area contributed by atoms with Crippen LogP contribution in [-0.4, -0.2) is 18.4 Å². The molecule has 0 aromatic heterocycles. The number of carbonyl (C=O) groups excluding carboxylic acids is 2. The lowest BCUT2D eigenvalue weighted by atomic mass is 10.0. The molecule has 0 bridgehead atoms. The van der Waals surface area contributed by atoms with Gasteiger partial charge in [0, 0.05) is 17.3 Å². The van der Waals surface area contributed by atoms with Crippen molar-refractivity contribution in [2.24, 2.45) is 0 Å². The van der Waals surface area contributed by atoms with Gasteiger partial charge in [-0.25, -0.2) is 4.79 Å². The molecule has 0 fully saturated rings. The number of benzene rings is 1. The van der Waals surface area contributed by atoms with Crippen molar-refractivity contribution in [2.75, 3.05) is 6.61 Å². The van der Waals surface area contributed by atoms with Crippen LogP contribution in [0.15, 0.2) is 35.9 Å². The summed E-state index contributed by atoms with van der Waals surface area (Å²) in [4.78, 5) is 23.5. The molecule has 0 aliphatic heterocycles. The van der Waals surface area contributed by atoms with E-state index in [1.165, 1.54) is 0 Å². The number of esters is 1. The highest BCUT2D eigenvalue weighted by atomic mass is 79.9. The molecule has 20 heavy (non-hydrogen) atoms. The Bertz CT molecular complexity index is 492. The van der Waals surface area contributed by atoms with Gasteiger partial charge in [0.2, 0.25) is 0 Å². The smallest absolute Gasteiger partial charge is 0.335 e. The van der Waals surface area contributed by atoms with Gasteiger partial charge in [-0.3, -0.25) is 4.79 Å². The summed E-state index contributed by atoms with van der Waals surface area (Å²) in [5.74, 6) is -0.229. The number of halogens is 1. The van der Waals surface area contributed by atoms with Crippen LogP contribution in [-0.2, 0) is 14.3 Å². The zero-order valence-corrected chi connectivity index (χ0v) is 13.4. The Hall–Kier alpha value is -1.42. The van der Waals surface area contributed by atoms with Crippen LogP contribution in [0.2, 0.25) is 0 Å². The Labute approximate surface area is 128 Å². The van der Waals surface area contributed by atoms with Crippen molar-refractivity contribution >= 4 is 32.2 Å². The van der Waals surface area contributed by atoms with Crippen LogP contribution in [0.25, 0.3) is 4.48 Å². The lowest BCUT2D eigenvalue weighted by Crippen LogP contribution is -2.10. The molecule has 0 atom stereocenters. The molecule has 3 nitrogen and oxygen atoms in total. The van der Waals surface area contributed by atoms with Gasteiger partial charge in [0.15, 0.2) is 0 Å². The van der Waals surface area contributed by atoms with E-state index < -0.39 is 0 Å². The summed E-state index contributed by atoms with van der Waals surface area (Å²) in [6.45, 7) is 3.91. The summed E-state index contributed by atoms with van der Waals surface area (Å²) in [5.41, 5.74) is 1.42. The molecular formula is C16H19BrO3. The lowest BCUT2D eigenvalue weighted by molar-refractivity contribution is -0.138. The predicted molar refractivity (Wildman–Crippen MR) is 83.5 cm³/mol. The van der Waals surface area contributed by atoms with Gasteiger partial charge in [0.1, 0.15) is 5.78 Å². The van der Waals surface area contributed by atoms with E-state index in [0.29, 0.717) is 35.9 Å². The number of carbonyl (C=O) groups is 2. The van der Waals surface area contributed by atoms with Crippen molar-refractivity contribution in [1.29, 1.82) is 0 Å². The van der Waals surface area contributed by atoms with Gasteiger partial charge in [-0.1, -0.05) is 37.3 Å². The van der Waals surface area contributed by atoms with Crippen LogP contribution in [0.5, 0.6) is 0 Å². The van der Waals surface area contributed by atoms with Gasteiger partial charge >= 0.3 is 5.97 Å². The molecule has 0 N–H and O–H groups in total. The molecule has 0 saturated carbocycles. The zero-order chi connectivity index (χ0) is 15.0. The van der Waals surface area contributed by atoms with Crippen molar-refractivity contribution in [3.05, 3.63) is 41.5 Å². The molecular weight excluding hydrogens is 320 g/mol.